The summed E-state index contributed by atoms with van der Waals surface area (Å²) in [4.78, 5) is 28.9. The molecule has 0 aliphatic heterocycles. The molecule has 5 nitrogen and oxygen atoms in total. The number of nitrogens with one attached hydrogen (secondary N) is 1. The number of fused-ring (bicyclic) bond motifs is 1. The molecule has 0 aliphatic carbocycles. The number of carboxylic acids is 1. The number of aromatic nitrogens is 1. The number of carbonyl (C=O) groups excluding carboxylic acids is 1. The Bertz CT molecular complexity index is 1220. The third-order valence-corrected chi connectivity index (χ3v) is 6.22. The zero-order chi connectivity index (χ0) is 19.8. The van der Waals surface area contributed by atoms with Gasteiger partial charge in [0.1, 0.15) is 16.9 Å². The summed E-state index contributed by atoms with van der Waals surface area (Å²) in [7, 11) is 0. The van der Waals surface area contributed by atoms with Gasteiger partial charge in [0.2, 0.25) is 0 Å². The number of halogens is 2. The fourth-order valence-electron chi connectivity index (χ4n) is 2.66. The number of anilines is 1. The van der Waals surface area contributed by atoms with E-state index < -0.39 is 17.7 Å². The van der Waals surface area contributed by atoms with Crippen molar-refractivity contribution in [3.63, 3.8) is 0 Å². The van der Waals surface area contributed by atoms with Gasteiger partial charge in [-0.05, 0) is 29.8 Å². The highest BCUT2D eigenvalue weighted by Gasteiger charge is 2.23. The first-order valence-corrected chi connectivity index (χ1v) is 9.98. The highest BCUT2D eigenvalue weighted by atomic mass is 35.5. The molecule has 4 aromatic rings. The van der Waals surface area contributed by atoms with E-state index in [1.54, 1.807) is 35.7 Å². The summed E-state index contributed by atoms with van der Waals surface area (Å²) in [6.07, 6.45) is 0. The zero-order valence-corrected chi connectivity index (χ0v) is 16.3. The van der Waals surface area contributed by atoms with Crippen molar-refractivity contribution in [2.45, 2.75) is 0 Å². The number of hydrogen-bond acceptors (Lipinski definition) is 5. The van der Waals surface area contributed by atoms with E-state index in [0.29, 0.717) is 20.2 Å². The average molecular weight is 433 g/mol. The first-order valence-electron chi connectivity index (χ1n) is 7.91. The van der Waals surface area contributed by atoms with Crippen LogP contribution < -0.4 is 5.32 Å². The van der Waals surface area contributed by atoms with Gasteiger partial charge in [0.15, 0.2) is 5.01 Å². The summed E-state index contributed by atoms with van der Waals surface area (Å²) in [5.74, 6) is -2.28. The number of carboxylic acid groups (broad SMARTS) is 1. The van der Waals surface area contributed by atoms with Crippen LogP contribution in [0.1, 0.15) is 20.2 Å². The molecule has 0 saturated carbocycles. The van der Waals surface area contributed by atoms with Crippen LogP contribution >= 0.6 is 34.3 Å². The van der Waals surface area contributed by atoms with Gasteiger partial charge in [-0.1, -0.05) is 29.8 Å². The van der Waals surface area contributed by atoms with Gasteiger partial charge in [0.25, 0.3) is 5.91 Å². The molecular weight excluding hydrogens is 423 g/mol. The molecule has 9 heteroatoms. The number of hydrogen-bond donors (Lipinski definition) is 2. The van der Waals surface area contributed by atoms with Gasteiger partial charge in [0, 0.05) is 10.4 Å². The first-order chi connectivity index (χ1) is 13.4. The lowest BCUT2D eigenvalue weighted by Gasteiger charge is -2.05. The van der Waals surface area contributed by atoms with Crippen molar-refractivity contribution in [3.8, 4) is 10.4 Å². The number of thiazole rings is 1. The number of benzene rings is 2. The SMILES string of the molecule is O=C(Nc1csc(-c2ccc(Cl)cc2)c1C(=O)O)c1nc2c(F)cccc2s1. The second-order valence-corrected chi connectivity index (χ2v) is 8.07. The number of para-hydroxylation sites is 1. The fourth-order valence-corrected chi connectivity index (χ4v) is 4.66. The predicted molar refractivity (Wildman–Crippen MR) is 109 cm³/mol. The van der Waals surface area contributed by atoms with E-state index in [1.165, 1.54) is 23.5 Å². The fraction of sp³-hybridized carbons (Fsp3) is 0. The van der Waals surface area contributed by atoms with Crippen molar-refractivity contribution in [2.75, 3.05) is 5.32 Å². The predicted octanol–water partition coefficient (Wildman–Crippen LogP) is 5.77. The van der Waals surface area contributed by atoms with Gasteiger partial charge in [-0.15, -0.1) is 22.7 Å². The Hall–Kier alpha value is -2.81. The van der Waals surface area contributed by atoms with Gasteiger partial charge >= 0.3 is 5.97 Å². The minimum atomic E-state index is -1.17. The smallest absolute Gasteiger partial charge is 0.339 e. The lowest BCUT2D eigenvalue weighted by atomic mass is 10.1. The lowest BCUT2D eigenvalue weighted by molar-refractivity contribution is 0.0699. The van der Waals surface area contributed by atoms with Crippen molar-refractivity contribution in [1.29, 1.82) is 0 Å². The summed E-state index contributed by atoms with van der Waals surface area (Å²) in [6.45, 7) is 0. The Morgan fingerprint density at radius 2 is 1.89 bits per heavy atom. The zero-order valence-electron chi connectivity index (χ0n) is 13.9. The van der Waals surface area contributed by atoms with Gasteiger partial charge < -0.3 is 10.4 Å². The van der Waals surface area contributed by atoms with Crippen LogP contribution in [0, 0.1) is 5.82 Å². The minimum absolute atomic E-state index is 0.0204. The molecule has 0 aliphatic rings. The molecule has 0 radical (unpaired) electrons. The second-order valence-electron chi connectivity index (χ2n) is 5.73. The molecule has 2 N–H and O–H groups in total. The second kappa shape index (κ2) is 7.31. The molecule has 2 aromatic heterocycles. The van der Waals surface area contributed by atoms with Crippen LogP contribution in [0.2, 0.25) is 5.02 Å². The van der Waals surface area contributed by atoms with Crippen molar-refractivity contribution >= 4 is 62.1 Å². The Morgan fingerprint density at radius 1 is 1.14 bits per heavy atom. The Balaban J connectivity index is 1.69. The van der Waals surface area contributed by atoms with Crippen LogP contribution in [0.5, 0.6) is 0 Å². The molecule has 4 rings (SSSR count). The average Bonchev–Trinajstić information content (AvgIpc) is 3.27. The van der Waals surface area contributed by atoms with Gasteiger partial charge in [-0.3, -0.25) is 4.79 Å². The van der Waals surface area contributed by atoms with Crippen LogP contribution in [0.4, 0.5) is 10.1 Å². The molecule has 2 aromatic carbocycles. The molecule has 0 unspecified atom stereocenters. The third-order valence-electron chi connectivity index (χ3n) is 3.92. The van der Waals surface area contributed by atoms with Crippen LogP contribution in [0.3, 0.4) is 0 Å². The van der Waals surface area contributed by atoms with Crippen molar-refractivity contribution in [1.82, 2.24) is 4.98 Å². The molecular formula is C19H10ClFN2O3S2. The standard InChI is InChI=1S/C19H10ClFN2O3S2/c20-10-6-4-9(5-7-10)16-14(19(25)26)12(8-27-16)22-17(24)18-23-15-11(21)2-1-3-13(15)28-18/h1-8H,(H,22,24)(H,25,26). The summed E-state index contributed by atoms with van der Waals surface area (Å²) < 4.78 is 14.3. The van der Waals surface area contributed by atoms with E-state index in [9.17, 15) is 19.1 Å². The summed E-state index contributed by atoms with van der Waals surface area (Å²) in [5, 5.41) is 14.4. The highest BCUT2D eigenvalue weighted by molar-refractivity contribution is 7.20. The van der Waals surface area contributed by atoms with Crippen molar-refractivity contribution < 1.29 is 19.1 Å². The van der Waals surface area contributed by atoms with E-state index in [0.717, 1.165) is 11.3 Å². The quantitative estimate of drug-likeness (QED) is 0.429. The lowest BCUT2D eigenvalue weighted by Crippen LogP contribution is -2.13. The third kappa shape index (κ3) is 3.37. The normalized spacial score (nSPS) is 10.9. The molecule has 0 fully saturated rings. The molecule has 28 heavy (non-hydrogen) atoms. The number of amides is 1. The molecule has 0 saturated heterocycles. The molecule has 1 amide bonds. The van der Waals surface area contributed by atoms with E-state index >= 15 is 0 Å². The molecule has 2 heterocycles. The van der Waals surface area contributed by atoms with Crippen molar-refractivity contribution in [2.24, 2.45) is 0 Å². The van der Waals surface area contributed by atoms with Crippen molar-refractivity contribution in [3.05, 3.63) is 69.3 Å². The van der Waals surface area contributed by atoms with Crippen LogP contribution in [0.25, 0.3) is 20.7 Å². The number of thiophene rings is 1. The number of aromatic carboxylic acids is 1. The van der Waals surface area contributed by atoms with E-state index in [4.69, 9.17) is 11.6 Å². The highest BCUT2D eigenvalue weighted by Crippen LogP contribution is 2.37. The van der Waals surface area contributed by atoms with Crippen LogP contribution in [0.15, 0.2) is 47.8 Å². The first kappa shape index (κ1) is 18.5. The number of rotatable bonds is 4. The van der Waals surface area contributed by atoms with E-state index in [-0.39, 0.29) is 21.8 Å². The topological polar surface area (TPSA) is 79.3 Å². The maximum absolute atomic E-state index is 13.8. The maximum atomic E-state index is 13.8. The summed E-state index contributed by atoms with van der Waals surface area (Å²) >= 11 is 8.11. The number of nitrogens with zero attached hydrogens (tertiary/aromatic N) is 1. The van der Waals surface area contributed by atoms with Crippen LogP contribution in [-0.2, 0) is 0 Å². The Labute approximate surface area is 171 Å². The Morgan fingerprint density at radius 3 is 2.57 bits per heavy atom. The minimum Gasteiger partial charge on any atom is -0.478 e. The largest absolute Gasteiger partial charge is 0.478 e. The van der Waals surface area contributed by atoms with Crippen LogP contribution in [-0.4, -0.2) is 22.0 Å². The monoisotopic (exact) mass is 432 g/mol. The summed E-state index contributed by atoms with van der Waals surface area (Å²) in [5.41, 5.74) is 0.928. The number of carbonyl (C=O) groups is 2. The molecule has 0 atom stereocenters. The van der Waals surface area contributed by atoms with E-state index in [1.807, 2.05) is 0 Å². The molecule has 0 spiro atoms. The van der Waals surface area contributed by atoms with Gasteiger partial charge in [0.05, 0.1) is 15.3 Å². The molecule has 0 bridgehead atoms. The van der Waals surface area contributed by atoms with Gasteiger partial charge in [-0.2, -0.15) is 0 Å². The van der Waals surface area contributed by atoms with Gasteiger partial charge in [-0.25, -0.2) is 14.2 Å². The molecule has 140 valence electrons. The summed E-state index contributed by atoms with van der Waals surface area (Å²) in [6, 6.07) is 11.2. The Kier molecular flexibility index (Phi) is 4.84. The maximum Gasteiger partial charge on any atom is 0.339 e. The van der Waals surface area contributed by atoms with E-state index in [2.05, 4.69) is 10.3 Å².